The number of carbonyl (C=O) groups excluding carboxylic acids is 1. The summed E-state index contributed by atoms with van der Waals surface area (Å²) in [7, 11) is -3.53. The summed E-state index contributed by atoms with van der Waals surface area (Å²) < 4.78 is 32.0. The maximum atomic E-state index is 12.6. The summed E-state index contributed by atoms with van der Waals surface area (Å²) in [6, 6.07) is 6.11. The van der Waals surface area contributed by atoms with Crippen molar-refractivity contribution in [2.24, 2.45) is 0 Å². The van der Waals surface area contributed by atoms with Crippen LogP contribution in [0.15, 0.2) is 29.2 Å². The largest absolute Gasteiger partial charge is 0.378 e. The number of carbonyl (C=O) groups is 1. The molecule has 0 aliphatic carbocycles. The SMILES string of the molecule is CCCC(=O)Nc1ccc(S(=O)(=O)N2CCOCC2C)cc1. The van der Waals surface area contributed by atoms with Gasteiger partial charge in [-0.25, -0.2) is 8.42 Å². The molecule has 2 rings (SSSR count). The number of nitrogens with one attached hydrogen (secondary N) is 1. The van der Waals surface area contributed by atoms with E-state index in [-0.39, 0.29) is 16.8 Å². The first-order valence-corrected chi connectivity index (χ1v) is 8.88. The molecule has 0 saturated carbocycles. The average Bonchev–Trinajstić information content (AvgIpc) is 2.48. The van der Waals surface area contributed by atoms with Crippen LogP contribution in [0.1, 0.15) is 26.7 Å². The van der Waals surface area contributed by atoms with Gasteiger partial charge < -0.3 is 10.1 Å². The lowest BCUT2D eigenvalue weighted by Crippen LogP contribution is -2.46. The van der Waals surface area contributed by atoms with Gasteiger partial charge in [-0.1, -0.05) is 6.92 Å². The number of sulfonamides is 1. The number of rotatable bonds is 5. The highest BCUT2D eigenvalue weighted by Gasteiger charge is 2.31. The molecule has 1 amide bonds. The number of amides is 1. The highest BCUT2D eigenvalue weighted by molar-refractivity contribution is 7.89. The Morgan fingerprint density at radius 2 is 2.05 bits per heavy atom. The van der Waals surface area contributed by atoms with E-state index in [1.54, 1.807) is 12.1 Å². The summed E-state index contributed by atoms with van der Waals surface area (Å²) >= 11 is 0. The maximum Gasteiger partial charge on any atom is 0.243 e. The van der Waals surface area contributed by atoms with Crippen molar-refractivity contribution in [2.75, 3.05) is 25.1 Å². The number of benzene rings is 1. The summed E-state index contributed by atoms with van der Waals surface area (Å²) in [5.41, 5.74) is 0.604. The van der Waals surface area contributed by atoms with E-state index in [9.17, 15) is 13.2 Å². The Balaban J connectivity index is 2.13. The summed E-state index contributed by atoms with van der Waals surface area (Å²) in [5, 5.41) is 2.74. The van der Waals surface area contributed by atoms with Crippen molar-refractivity contribution in [3.63, 3.8) is 0 Å². The number of anilines is 1. The van der Waals surface area contributed by atoms with Crippen LogP contribution in [0.4, 0.5) is 5.69 Å². The molecule has 1 unspecified atom stereocenters. The van der Waals surface area contributed by atoms with Gasteiger partial charge in [0.25, 0.3) is 0 Å². The fraction of sp³-hybridized carbons (Fsp3) is 0.533. The molecule has 1 aromatic carbocycles. The molecule has 22 heavy (non-hydrogen) atoms. The Morgan fingerprint density at radius 1 is 1.36 bits per heavy atom. The summed E-state index contributed by atoms with van der Waals surface area (Å²) in [4.78, 5) is 11.8. The van der Waals surface area contributed by atoms with Gasteiger partial charge in [-0.15, -0.1) is 0 Å². The third-order valence-electron chi connectivity index (χ3n) is 3.53. The second-order valence-corrected chi connectivity index (χ2v) is 7.25. The van der Waals surface area contributed by atoms with Crippen molar-refractivity contribution in [3.8, 4) is 0 Å². The molecule has 0 bridgehead atoms. The molecular formula is C15H22N2O4S. The fourth-order valence-electron chi connectivity index (χ4n) is 2.37. The quantitative estimate of drug-likeness (QED) is 0.896. The highest BCUT2D eigenvalue weighted by atomic mass is 32.2. The zero-order valence-electron chi connectivity index (χ0n) is 12.9. The lowest BCUT2D eigenvalue weighted by molar-refractivity contribution is -0.116. The molecule has 1 atom stereocenters. The topological polar surface area (TPSA) is 75.7 Å². The molecule has 122 valence electrons. The van der Waals surface area contributed by atoms with Crippen LogP contribution in [0.25, 0.3) is 0 Å². The zero-order chi connectivity index (χ0) is 16.2. The van der Waals surface area contributed by atoms with Crippen LogP contribution >= 0.6 is 0 Å². The van der Waals surface area contributed by atoms with E-state index in [0.717, 1.165) is 6.42 Å². The van der Waals surface area contributed by atoms with Crippen molar-refractivity contribution >= 4 is 21.6 Å². The first-order valence-electron chi connectivity index (χ1n) is 7.44. The fourth-order valence-corrected chi connectivity index (χ4v) is 3.97. The molecule has 1 heterocycles. The first-order chi connectivity index (χ1) is 10.4. The van der Waals surface area contributed by atoms with Crippen molar-refractivity contribution in [1.29, 1.82) is 0 Å². The van der Waals surface area contributed by atoms with Gasteiger partial charge in [-0.05, 0) is 37.6 Å². The summed E-state index contributed by atoms with van der Waals surface area (Å²) in [6.07, 6.45) is 1.22. The van der Waals surface area contributed by atoms with Crippen LogP contribution in [0.5, 0.6) is 0 Å². The highest BCUT2D eigenvalue weighted by Crippen LogP contribution is 2.22. The Labute approximate surface area is 131 Å². The van der Waals surface area contributed by atoms with Crippen molar-refractivity contribution in [3.05, 3.63) is 24.3 Å². The molecule has 7 heteroatoms. The molecule has 0 radical (unpaired) electrons. The second kappa shape index (κ2) is 7.21. The third kappa shape index (κ3) is 3.85. The maximum absolute atomic E-state index is 12.6. The third-order valence-corrected chi connectivity index (χ3v) is 5.56. The Kier molecular flexibility index (Phi) is 5.55. The standard InChI is InChI=1S/C15H22N2O4S/c1-3-4-15(18)16-13-5-7-14(8-6-13)22(19,20)17-9-10-21-11-12(17)2/h5-8,12H,3-4,9-11H2,1-2H3,(H,16,18). The van der Waals surface area contributed by atoms with Crippen LogP contribution in [0.2, 0.25) is 0 Å². The molecule has 6 nitrogen and oxygen atoms in total. The number of nitrogens with zero attached hydrogens (tertiary/aromatic N) is 1. The van der Waals surface area contributed by atoms with Gasteiger partial charge in [0, 0.05) is 24.7 Å². The Hall–Kier alpha value is -1.44. The molecule has 1 N–H and O–H groups in total. The Morgan fingerprint density at radius 3 is 2.64 bits per heavy atom. The lowest BCUT2D eigenvalue weighted by atomic mass is 10.3. The minimum atomic E-state index is -3.53. The summed E-state index contributed by atoms with van der Waals surface area (Å²) in [5.74, 6) is -0.0695. The predicted octanol–water partition coefficient (Wildman–Crippen LogP) is 1.83. The van der Waals surface area contributed by atoms with Crippen LogP contribution < -0.4 is 5.32 Å². The van der Waals surface area contributed by atoms with E-state index in [0.29, 0.717) is 31.9 Å². The van der Waals surface area contributed by atoms with E-state index < -0.39 is 10.0 Å². The van der Waals surface area contributed by atoms with Gasteiger partial charge in [0.05, 0.1) is 18.1 Å². The van der Waals surface area contributed by atoms with Gasteiger partial charge in [-0.2, -0.15) is 4.31 Å². The minimum absolute atomic E-state index is 0.0695. The molecule has 1 aliphatic heterocycles. The van der Waals surface area contributed by atoms with Gasteiger partial charge in [0.2, 0.25) is 15.9 Å². The lowest BCUT2D eigenvalue weighted by Gasteiger charge is -2.32. The number of morpholine rings is 1. The van der Waals surface area contributed by atoms with Crippen LogP contribution in [0.3, 0.4) is 0 Å². The van der Waals surface area contributed by atoms with E-state index in [1.807, 2.05) is 13.8 Å². The van der Waals surface area contributed by atoms with Crippen LogP contribution in [-0.4, -0.2) is 44.4 Å². The molecule has 0 aromatic heterocycles. The average molecular weight is 326 g/mol. The monoisotopic (exact) mass is 326 g/mol. The first kappa shape index (κ1) is 16.9. The molecule has 1 saturated heterocycles. The second-order valence-electron chi connectivity index (χ2n) is 5.36. The molecule has 1 aromatic rings. The van der Waals surface area contributed by atoms with Crippen LogP contribution in [-0.2, 0) is 19.6 Å². The number of hydrogen-bond donors (Lipinski definition) is 1. The van der Waals surface area contributed by atoms with E-state index >= 15 is 0 Å². The normalized spacial score (nSPS) is 19.8. The molecule has 1 aliphatic rings. The molecule has 1 fully saturated rings. The molecule has 0 spiro atoms. The molecular weight excluding hydrogens is 304 g/mol. The predicted molar refractivity (Wildman–Crippen MR) is 84.2 cm³/mol. The van der Waals surface area contributed by atoms with Gasteiger partial charge in [0.15, 0.2) is 0 Å². The minimum Gasteiger partial charge on any atom is -0.378 e. The van der Waals surface area contributed by atoms with Crippen molar-refractivity contribution < 1.29 is 17.9 Å². The van der Waals surface area contributed by atoms with E-state index in [2.05, 4.69) is 5.32 Å². The van der Waals surface area contributed by atoms with Gasteiger partial charge in [-0.3, -0.25) is 4.79 Å². The number of ether oxygens (including phenoxy) is 1. The van der Waals surface area contributed by atoms with Gasteiger partial charge in [0.1, 0.15) is 0 Å². The van der Waals surface area contributed by atoms with E-state index in [1.165, 1.54) is 16.4 Å². The summed E-state index contributed by atoms with van der Waals surface area (Å²) in [6.45, 7) is 4.94. The van der Waals surface area contributed by atoms with Gasteiger partial charge >= 0.3 is 0 Å². The van der Waals surface area contributed by atoms with Crippen molar-refractivity contribution in [1.82, 2.24) is 4.31 Å². The number of hydrogen-bond acceptors (Lipinski definition) is 4. The van der Waals surface area contributed by atoms with Crippen LogP contribution in [0, 0.1) is 0 Å². The van der Waals surface area contributed by atoms with E-state index in [4.69, 9.17) is 4.74 Å². The Bertz CT molecular complexity index is 613. The van der Waals surface area contributed by atoms with Crippen molar-refractivity contribution in [2.45, 2.75) is 37.6 Å². The zero-order valence-corrected chi connectivity index (χ0v) is 13.7. The smallest absolute Gasteiger partial charge is 0.243 e.